The Labute approximate surface area is 139 Å². The van der Waals surface area contributed by atoms with Gasteiger partial charge >= 0.3 is 6.03 Å². The van der Waals surface area contributed by atoms with Crippen molar-refractivity contribution in [2.24, 2.45) is 0 Å². The van der Waals surface area contributed by atoms with E-state index in [0.29, 0.717) is 31.3 Å². The summed E-state index contributed by atoms with van der Waals surface area (Å²) >= 11 is 0. The van der Waals surface area contributed by atoms with Gasteiger partial charge in [0.2, 0.25) is 5.88 Å². The standard InChI is InChI=1S/C16H20N4O4/c1-3-11-4-5-14(24-11)13-9-23-7-6-20(13)16(21)19-12-8-17-10-18-15(12)22-2/h4-5,8,10,13H,3,6-7,9H2,1-2H3,(H,19,21)/t13-/m1/s1. The van der Waals surface area contributed by atoms with Crippen molar-refractivity contribution in [3.63, 3.8) is 0 Å². The van der Waals surface area contributed by atoms with Crippen LogP contribution in [0.2, 0.25) is 0 Å². The van der Waals surface area contributed by atoms with Gasteiger partial charge in [0.05, 0.1) is 26.5 Å². The molecule has 0 unspecified atom stereocenters. The number of nitrogens with zero attached hydrogens (tertiary/aromatic N) is 3. The highest BCUT2D eigenvalue weighted by Crippen LogP contribution is 2.28. The largest absolute Gasteiger partial charge is 0.479 e. The molecule has 24 heavy (non-hydrogen) atoms. The van der Waals surface area contributed by atoms with Crippen LogP contribution in [0.25, 0.3) is 0 Å². The van der Waals surface area contributed by atoms with Crippen molar-refractivity contribution in [1.29, 1.82) is 0 Å². The van der Waals surface area contributed by atoms with Crippen LogP contribution < -0.4 is 10.1 Å². The zero-order valence-electron chi connectivity index (χ0n) is 13.7. The van der Waals surface area contributed by atoms with E-state index in [4.69, 9.17) is 13.9 Å². The van der Waals surface area contributed by atoms with Gasteiger partial charge in [-0.3, -0.25) is 0 Å². The average Bonchev–Trinajstić information content (AvgIpc) is 3.11. The van der Waals surface area contributed by atoms with Crippen LogP contribution in [0, 0.1) is 0 Å². The third-order valence-electron chi connectivity index (χ3n) is 3.86. The van der Waals surface area contributed by atoms with Crippen molar-refractivity contribution in [2.75, 3.05) is 32.2 Å². The van der Waals surface area contributed by atoms with E-state index < -0.39 is 0 Å². The van der Waals surface area contributed by atoms with Gasteiger partial charge in [0.25, 0.3) is 0 Å². The first-order valence-electron chi connectivity index (χ1n) is 7.81. The zero-order chi connectivity index (χ0) is 16.9. The Hall–Kier alpha value is -2.61. The summed E-state index contributed by atoms with van der Waals surface area (Å²) in [7, 11) is 1.49. The highest BCUT2D eigenvalue weighted by atomic mass is 16.5. The van der Waals surface area contributed by atoms with Crippen LogP contribution in [-0.4, -0.2) is 47.8 Å². The number of hydrogen-bond donors (Lipinski definition) is 1. The molecule has 1 N–H and O–H groups in total. The van der Waals surface area contributed by atoms with Gasteiger partial charge in [-0.05, 0) is 12.1 Å². The van der Waals surface area contributed by atoms with Crippen molar-refractivity contribution in [1.82, 2.24) is 14.9 Å². The number of rotatable bonds is 4. The lowest BCUT2D eigenvalue weighted by Gasteiger charge is -2.34. The molecule has 0 bridgehead atoms. The lowest BCUT2D eigenvalue weighted by molar-refractivity contribution is 0.00700. The number of aryl methyl sites for hydroxylation is 1. The van der Waals surface area contributed by atoms with E-state index >= 15 is 0 Å². The highest BCUT2D eigenvalue weighted by Gasteiger charge is 2.31. The van der Waals surface area contributed by atoms with Crippen molar-refractivity contribution in [3.8, 4) is 5.88 Å². The van der Waals surface area contributed by atoms with Crippen molar-refractivity contribution < 1.29 is 18.7 Å². The van der Waals surface area contributed by atoms with E-state index in [9.17, 15) is 4.79 Å². The summed E-state index contributed by atoms with van der Waals surface area (Å²) in [5.41, 5.74) is 0.420. The quantitative estimate of drug-likeness (QED) is 0.923. The van der Waals surface area contributed by atoms with Crippen molar-refractivity contribution >= 4 is 11.7 Å². The lowest BCUT2D eigenvalue weighted by atomic mass is 10.2. The molecule has 0 aromatic carbocycles. The number of hydrogen-bond acceptors (Lipinski definition) is 6. The van der Waals surface area contributed by atoms with E-state index in [1.165, 1.54) is 19.6 Å². The summed E-state index contributed by atoms with van der Waals surface area (Å²) < 4.78 is 16.5. The maximum Gasteiger partial charge on any atom is 0.322 e. The van der Waals surface area contributed by atoms with Gasteiger partial charge < -0.3 is 24.1 Å². The molecule has 0 spiro atoms. The fourth-order valence-electron chi connectivity index (χ4n) is 2.60. The SMILES string of the molecule is CCc1ccc([C@H]2COCCN2C(=O)Nc2cncnc2OC)o1. The molecule has 3 rings (SSSR count). The smallest absolute Gasteiger partial charge is 0.322 e. The van der Waals surface area contributed by atoms with Gasteiger partial charge in [-0.1, -0.05) is 6.92 Å². The molecule has 0 aliphatic carbocycles. The van der Waals surface area contributed by atoms with Crippen LogP contribution in [0.3, 0.4) is 0 Å². The maximum absolute atomic E-state index is 12.7. The monoisotopic (exact) mass is 332 g/mol. The number of morpholine rings is 1. The molecule has 8 heteroatoms. The third-order valence-corrected chi connectivity index (χ3v) is 3.86. The number of anilines is 1. The summed E-state index contributed by atoms with van der Waals surface area (Å²) in [6.07, 6.45) is 3.67. The second-order valence-corrected chi connectivity index (χ2v) is 5.32. The van der Waals surface area contributed by atoms with Crippen LogP contribution in [0.15, 0.2) is 29.1 Å². The fraction of sp³-hybridized carbons (Fsp3) is 0.438. The van der Waals surface area contributed by atoms with Crippen molar-refractivity contribution in [3.05, 3.63) is 36.2 Å². The van der Waals surface area contributed by atoms with E-state index in [1.54, 1.807) is 4.90 Å². The lowest BCUT2D eigenvalue weighted by Crippen LogP contribution is -2.45. The number of methoxy groups -OCH3 is 1. The second kappa shape index (κ2) is 7.31. The van der Waals surface area contributed by atoms with E-state index in [2.05, 4.69) is 15.3 Å². The minimum Gasteiger partial charge on any atom is -0.479 e. The molecule has 0 radical (unpaired) electrons. The zero-order valence-corrected chi connectivity index (χ0v) is 13.7. The number of amides is 2. The topological polar surface area (TPSA) is 89.7 Å². The summed E-state index contributed by atoms with van der Waals surface area (Å²) in [4.78, 5) is 22.3. The molecule has 1 fully saturated rings. The number of furan rings is 1. The Bertz CT molecular complexity index is 703. The van der Waals surface area contributed by atoms with E-state index in [-0.39, 0.29) is 12.1 Å². The molecule has 1 atom stereocenters. The molecule has 1 saturated heterocycles. The predicted molar refractivity (Wildman–Crippen MR) is 86.0 cm³/mol. The molecule has 1 aliphatic rings. The second-order valence-electron chi connectivity index (χ2n) is 5.32. The normalized spacial score (nSPS) is 17.6. The number of nitrogens with one attached hydrogen (secondary N) is 1. The first-order chi connectivity index (χ1) is 11.7. The van der Waals surface area contributed by atoms with Gasteiger partial charge in [0.15, 0.2) is 0 Å². The minimum atomic E-state index is -0.272. The van der Waals surface area contributed by atoms with E-state index in [1.807, 2.05) is 19.1 Å². The molecule has 2 aromatic heterocycles. The van der Waals surface area contributed by atoms with Gasteiger partial charge in [-0.2, -0.15) is 4.98 Å². The van der Waals surface area contributed by atoms with Gasteiger partial charge in [-0.25, -0.2) is 9.78 Å². The van der Waals surface area contributed by atoms with Crippen molar-refractivity contribution in [2.45, 2.75) is 19.4 Å². The Kier molecular flexibility index (Phi) is 4.95. The summed E-state index contributed by atoms with van der Waals surface area (Å²) in [6, 6.07) is 3.28. The molecule has 2 amide bonds. The Morgan fingerprint density at radius 3 is 3.12 bits per heavy atom. The van der Waals surface area contributed by atoms with Gasteiger partial charge in [0, 0.05) is 13.0 Å². The van der Waals surface area contributed by atoms with Gasteiger partial charge in [-0.15, -0.1) is 0 Å². The molecular weight excluding hydrogens is 312 g/mol. The van der Waals surface area contributed by atoms with Crippen LogP contribution in [0.1, 0.15) is 24.5 Å². The van der Waals surface area contributed by atoms with Crippen LogP contribution in [-0.2, 0) is 11.2 Å². The minimum absolute atomic E-state index is 0.269. The first kappa shape index (κ1) is 16.3. The Balaban J connectivity index is 1.78. The average molecular weight is 332 g/mol. The molecule has 128 valence electrons. The first-order valence-corrected chi connectivity index (χ1v) is 7.81. The number of carbonyl (C=O) groups excluding carboxylic acids is 1. The number of carbonyl (C=O) groups is 1. The Morgan fingerprint density at radius 1 is 1.50 bits per heavy atom. The summed E-state index contributed by atoms with van der Waals surface area (Å²) in [6.45, 7) is 3.36. The van der Waals surface area contributed by atoms with Gasteiger partial charge in [0.1, 0.15) is 29.6 Å². The maximum atomic E-state index is 12.7. The molecule has 8 nitrogen and oxygen atoms in total. The number of aromatic nitrogens is 2. The molecular formula is C16H20N4O4. The highest BCUT2D eigenvalue weighted by molar-refractivity contribution is 5.90. The fourth-order valence-corrected chi connectivity index (χ4v) is 2.60. The predicted octanol–water partition coefficient (Wildman–Crippen LogP) is 2.25. The number of urea groups is 1. The molecule has 3 heterocycles. The molecule has 2 aromatic rings. The van der Waals surface area contributed by atoms with Crippen LogP contribution in [0.5, 0.6) is 5.88 Å². The van der Waals surface area contributed by atoms with Crippen LogP contribution >= 0.6 is 0 Å². The number of ether oxygens (including phenoxy) is 2. The third kappa shape index (κ3) is 3.33. The molecule has 0 saturated carbocycles. The Morgan fingerprint density at radius 2 is 2.38 bits per heavy atom. The summed E-state index contributed by atoms with van der Waals surface area (Å²) in [5, 5.41) is 2.79. The summed E-state index contributed by atoms with van der Waals surface area (Å²) in [5.74, 6) is 1.92. The van der Waals surface area contributed by atoms with E-state index in [0.717, 1.165) is 17.9 Å². The van der Waals surface area contributed by atoms with Crippen LogP contribution in [0.4, 0.5) is 10.5 Å². The molecule has 1 aliphatic heterocycles.